The average molecular weight is 347 g/mol. The number of nitrogens with one attached hydrogen (secondary N) is 1. The molecule has 126 valence electrons. The van der Waals surface area contributed by atoms with Crippen molar-refractivity contribution in [2.75, 3.05) is 11.9 Å². The van der Waals surface area contributed by atoms with Crippen molar-refractivity contribution >= 4 is 23.2 Å². The first-order chi connectivity index (χ1) is 11.5. The average Bonchev–Trinajstić information content (AvgIpc) is 3.37. The highest BCUT2D eigenvalue weighted by Crippen LogP contribution is 2.29. The summed E-state index contributed by atoms with van der Waals surface area (Å²) in [4.78, 5) is 14.4. The van der Waals surface area contributed by atoms with Crippen LogP contribution in [0.3, 0.4) is 0 Å². The summed E-state index contributed by atoms with van der Waals surface area (Å²) in [5.74, 6) is -0.335. The number of carbonyl (C=O) groups excluding carboxylic acids is 1. The summed E-state index contributed by atoms with van der Waals surface area (Å²) in [6.07, 6.45) is 2.11. The second kappa shape index (κ2) is 7.32. The van der Waals surface area contributed by atoms with E-state index < -0.39 is 0 Å². The summed E-state index contributed by atoms with van der Waals surface area (Å²) < 4.78 is 13.9. The molecular formula is C19H20ClFN2O. The van der Waals surface area contributed by atoms with Gasteiger partial charge >= 0.3 is 0 Å². The number of anilines is 1. The Labute approximate surface area is 146 Å². The summed E-state index contributed by atoms with van der Waals surface area (Å²) in [6.45, 7) is 2.61. The Morgan fingerprint density at radius 1 is 1.29 bits per heavy atom. The van der Waals surface area contributed by atoms with E-state index in [9.17, 15) is 9.18 Å². The maximum atomic E-state index is 13.9. The number of nitrogens with zero attached hydrogens (tertiary/aromatic N) is 1. The van der Waals surface area contributed by atoms with Gasteiger partial charge in [-0.15, -0.1) is 0 Å². The topological polar surface area (TPSA) is 32.3 Å². The van der Waals surface area contributed by atoms with E-state index in [1.807, 2.05) is 24.0 Å². The van der Waals surface area contributed by atoms with Crippen LogP contribution in [-0.4, -0.2) is 23.4 Å². The zero-order valence-corrected chi connectivity index (χ0v) is 14.3. The molecule has 0 heterocycles. The van der Waals surface area contributed by atoms with Gasteiger partial charge in [-0.05, 0) is 43.5 Å². The molecule has 3 nitrogen and oxygen atoms in total. The van der Waals surface area contributed by atoms with Gasteiger partial charge in [0.25, 0.3) is 0 Å². The summed E-state index contributed by atoms with van der Waals surface area (Å²) >= 11 is 5.99. The highest BCUT2D eigenvalue weighted by molar-refractivity contribution is 6.31. The molecule has 5 heteroatoms. The maximum absolute atomic E-state index is 13.9. The molecule has 2 aromatic rings. The van der Waals surface area contributed by atoms with Crippen LogP contribution in [0.25, 0.3) is 0 Å². The number of carbonyl (C=O) groups is 1. The molecule has 0 unspecified atom stereocenters. The number of amides is 1. The monoisotopic (exact) mass is 346 g/mol. The predicted octanol–water partition coefficient (Wildman–Crippen LogP) is 4.39. The molecular weight excluding hydrogens is 327 g/mol. The molecule has 1 saturated carbocycles. The number of rotatable bonds is 6. The fourth-order valence-corrected chi connectivity index (χ4v) is 2.87. The van der Waals surface area contributed by atoms with Gasteiger partial charge < -0.3 is 5.32 Å². The third-order valence-corrected chi connectivity index (χ3v) is 4.45. The Bertz CT molecular complexity index is 746. The molecule has 0 aliphatic heterocycles. The number of aryl methyl sites for hydroxylation is 1. The smallest absolute Gasteiger partial charge is 0.238 e. The van der Waals surface area contributed by atoms with Crippen LogP contribution in [0.5, 0.6) is 0 Å². The molecule has 0 atom stereocenters. The van der Waals surface area contributed by atoms with Gasteiger partial charge in [0.1, 0.15) is 5.82 Å². The van der Waals surface area contributed by atoms with E-state index in [2.05, 4.69) is 5.32 Å². The fourth-order valence-electron chi connectivity index (χ4n) is 2.70. The van der Waals surface area contributed by atoms with Crippen LogP contribution < -0.4 is 5.32 Å². The Kier molecular flexibility index (Phi) is 5.17. The van der Waals surface area contributed by atoms with E-state index in [-0.39, 0.29) is 18.3 Å². The molecule has 0 aromatic heterocycles. The van der Waals surface area contributed by atoms with Crippen LogP contribution in [0, 0.1) is 12.7 Å². The first-order valence-electron chi connectivity index (χ1n) is 8.06. The van der Waals surface area contributed by atoms with Crippen LogP contribution in [-0.2, 0) is 11.3 Å². The van der Waals surface area contributed by atoms with E-state index in [4.69, 9.17) is 11.6 Å². The van der Waals surface area contributed by atoms with Crippen LogP contribution >= 0.6 is 11.6 Å². The largest absolute Gasteiger partial charge is 0.325 e. The second-order valence-electron chi connectivity index (χ2n) is 6.23. The summed E-state index contributed by atoms with van der Waals surface area (Å²) in [5, 5.41) is 3.49. The lowest BCUT2D eigenvalue weighted by molar-refractivity contribution is -0.117. The number of hydrogen-bond donors (Lipinski definition) is 1. The van der Waals surface area contributed by atoms with Crippen LogP contribution in [0.2, 0.25) is 5.02 Å². The lowest BCUT2D eigenvalue weighted by Crippen LogP contribution is -2.34. The molecule has 1 aliphatic rings. The van der Waals surface area contributed by atoms with Gasteiger partial charge in [0.15, 0.2) is 0 Å². The van der Waals surface area contributed by atoms with Crippen molar-refractivity contribution in [1.82, 2.24) is 4.90 Å². The minimum absolute atomic E-state index is 0.108. The molecule has 1 aliphatic carbocycles. The quantitative estimate of drug-likeness (QED) is 0.841. The molecule has 0 spiro atoms. The third kappa shape index (κ3) is 4.34. The first-order valence-corrected chi connectivity index (χ1v) is 8.44. The molecule has 1 N–H and O–H groups in total. The van der Waals surface area contributed by atoms with Gasteiger partial charge in [-0.2, -0.15) is 0 Å². The molecule has 1 fully saturated rings. The Morgan fingerprint density at radius 2 is 2.04 bits per heavy atom. The molecule has 3 rings (SSSR count). The van der Waals surface area contributed by atoms with E-state index in [1.165, 1.54) is 6.07 Å². The van der Waals surface area contributed by atoms with E-state index in [1.54, 1.807) is 24.3 Å². The Balaban J connectivity index is 1.66. The highest BCUT2D eigenvalue weighted by atomic mass is 35.5. The summed E-state index contributed by atoms with van der Waals surface area (Å²) in [6, 6.07) is 12.5. The number of hydrogen-bond acceptors (Lipinski definition) is 2. The van der Waals surface area contributed by atoms with Gasteiger partial charge in [-0.25, -0.2) is 4.39 Å². The lowest BCUT2D eigenvalue weighted by atomic mass is 10.2. The molecule has 0 bridgehead atoms. The third-order valence-electron chi connectivity index (χ3n) is 4.21. The van der Waals surface area contributed by atoms with Crippen molar-refractivity contribution in [3.05, 3.63) is 64.4 Å². The SMILES string of the molecule is Cc1ccc(Cl)cc1NC(=O)CN(Cc1ccccc1F)C1CC1. The van der Waals surface area contributed by atoms with Crippen molar-refractivity contribution in [3.63, 3.8) is 0 Å². The number of halogens is 2. The predicted molar refractivity (Wildman–Crippen MR) is 94.7 cm³/mol. The van der Waals surface area contributed by atoms with Crippen molar-refractivity contribution < 1.29 is 9.18 Å². The zero-order valence-electron chi connectivity index (χ0n) is 13.6. The molecule has 0 radical (unpaired) electrons. The first kappa shape index (κ1) is 16.9. The van der Waals surface area contributed by atoms with Crippen molar-refractivity contribution in [2.24, 2.45) is 0 Å². The standard InChI is InChI=1S/C19H20ClFN2O/c1-13-6-7-15(20)10-18(13)22-19(24)12-23(16-8-9-16)11-14-4-2-3-5-17(14)21/h2-7,10,16H,8-9,11-12H2,1H3,(H,22,24). The minimum Gasteiger partial charge on any atom is -0.325 e. The van der Waals surface area contributed by atoms with E-state index >= 15 is 0 Å². The normalized spacial score (nSPS) is 14.0. The van der Waals surface area contributed by atoms with Crippen LogP contribution in [0.1, 0.15) is 24.0 Å². The van der Waals surface area contributed by atoms with Gasteiger partial charge in [-0.1, -0.05) is 35.9 Å². The Morgan fingerprint density at radius 3 is 2.75 bits per heavy atom. The minimum atomic E-state index is -0.228. The molecule has 1 amide bonds. The van der Waals surface area contributed by atoms with Crippen LogP contribution in [0.15, 0.2) is 42.5 Å². The van der Waals surface area contributed by atoms with E-state index in [0.717, 1.165) is 18.4 Å². The number of benzene rings is 2. The highest BCUT2D eigenvalue weighted by Gasteiger charge is 2.30. The maximum Gasteiger partial charge on any atom is 0.238 e. The lowest BCUT2D eigenvalue weighted by Gasteiger charge is -2.22. The van der Waals surface area contributed by atoms with Gasteiger partial charge in [0, 0.05) is 28.9 Å². The molecule has 0 saturated heterocycles. The van der Waals surface area contributed by atoms with Gasteiger partial charge in [0.2, 0.25) is 5.91 Å². The van der Waals surface area contributed by atoms with Gasteiger partial charge in [0.05, 0.1) is 6.54 Å². The summed E-state index contributed by atoms with van der Waals surface area (Å²) in [7, 11) is 0. The van der Waals surface area contributed by atoms with Crippen molar-refractivity contribution in [1.29, 1.82) is 0 Å². The fraction of sp³-hybridized carbons (Fsp3) is 0.316. The van der Waals surface area contributed by atoms with Crippen molar-refractivity contribution in [3.8, 4) is 0 Å². The van der Waals surface area contributed by atoms with Crippen LogP contribution in [0.4, 0.5) is 10.1 Å². The zero-order chi connectivity index (χ0) is 17.1. The Hall–Kier alpha value is -1.91. The van der Waals surface area contributed by atoms with Crippen molar-refractivity contribution in [2.45, 2.75) is 32.4 Å². The van der Waals surface area contributed by atoms with E-state index in [0.29, 0.717) is 28.9 Å². The summed E-state index contributed by atoms with van der Waals surface area (Å²) in [5.41, 5.74) is 2.30. The molecule has 24 heavy (non-hydrogen) atoms. The second-order valence-corrected chi connectivity index (χ2v) is 6.67. The molecule has 2 aromatic carbocycles. The van der Waals surface area contributed by atoms with Gasteiger partial charge in [-0.3, -0.25) is 9.69 Å².